The molecular weight excluding hydrogens is 417 g/mol. The van der Waals surface area contributed by atoms with Crippen LogP contribution in [0.5, 0.6) is 5.75 Å². The second-order valence-electron chi connectivity index (χ2n) is 8.02. The number of nitrogens with one attached hydrogen (secondary N) is 1. The van der Waals surface area contributed by atoms with E-state index in [1.54, 1.807) is 24.3 Å². The lowest BCUT2D eigenvalue weighted by Gasteiger charge is -2.34. The summed E-state index contributed by atoms with van der Waals surface area (Å²) < 4.78 is 19.7. The highest BCUT2D eigenvalue weighted by molar-refractivity contribution is 5.95. The van der Waals surface area contributed by atoms with Crippen LogP contribution < -0.4 is 5.32 Å². The summed E-state index contributed by atoms with van der Waals surface area (Å²) in [6.07, 6.45) is 1.68. The van der Waals surface area contributed by atoms with E-state index in [2.05, 4.69) is 5.32 Å². The first-order valence-corrected chi connectivity index (χ1v) is 9.96. The van der Waals surface area contributed by atoms with Crippen molar-refractivity contribution in [2.24, 2.45) is 5.41 Å². The van der Waals surface area contributed by atoms with Gasteiger partial charge in [0.05, 0.1) is 0 Å². The molecule has 0 bridgehead atoms. The van der Waals surface area contributed by atoms with Gasteiger partial charge in [0.15, 0.2) is 17.3 Å². The summed E-state index contributed by atoms with van der Waals surface area (Å²) in [5.74, 6) is -2.54. The molecule has 2 aromatic carbocycles. The summed E-state index contributed by atoms with van der Waals surface area (Å²) in [7, 11) is 0. The molecule has 0 fully saturated rings. The molecule has 0 aromatic heterocycles. The number of aromatic hydroxyl groups is 1. The minimum absolute atomic E-state index is 0.104. The fourth-order valence-electron chi connectivity index (χ4n) is 3.18. The summed E-state index contributed by atoms with van der Waals surface area (Å²) in [5, 5.41) is 20.8. The Hall–Kier alpha value is -3.68. The van der Waals surface area contributed by atoms with Crippen molar-refractivity contribution in [3.63, 3.8) is 0 Å². The number of rotatable bonds is 9. The normalized spacial score (nSPS) is 12.4. The van der Waals surface area contributed by atoms with Crippen LogP contribution in [0, 0.1) is 11.2 Å². The van der Waals surface area contributed by atoms with E-state index in [1.807, 2.05) is 13.8 Å². The predicted molar refractivity (Wildman–Crippen MR) is 117 cm³/mol. The molecule has 0 heterocycles. The van der Waals surface area contributed by atoms with E-state index in [4.69, 9.17) is 9.84 Å². The number of aliphatic carboxylic acids is 1. The molecule has 0 aliphatic carbocycles. The number of ether oxygens (including phenoxy) is 1. The number of benzene rings is 2. The molecule has 0 aliphatic heterocycles. The second kappa shape index (κ2) is 10.6. The molecule has 170 valence electrons. The minimum atomic E-state index is -1.06. The molecule has 3 N–H and O–H groups in total. The Morgan fingerprint density at radius 1 is 1.16 bits per heavy atom. The van der Waals surface area contributed by atoms with Crippen molar-refractivity contribution in [1.29, 1.82) is 0 Å². The van der Waals surface area contributed by atoms with E-state index in [1.165, 1.54) is 25.1 Å². The second-order valence-corrected chi connectivity index (χ2v) is 8.02. The smallest absolute Gasteiger partial charge is 0.412 e. The van der Waals surface area contributed by atoms with Crippen LogP contribution in [0.3, 0.4) is 0 Å². The third-order valence-corrected chi connectivity index (χ3v) is 4.96. The number of anilines is 1. The van der Waals surface area contributed by atoms with Gasteiger partial charge in [0.25, 0.3) is 0 Å². The molecule has 0 spiro atoms. The Labute approximate surface area is 185 Å². The molecule has 1 amide bonds. The van der Waals surface area contributed by atoms with Gasteiger partial charge in [0.1, 0.15) is 6.10 Å². The number of phenols is 1. The van der Waals surface area contributed by atoms with Crippen LogP contribution >= 0.6 is 0 Å². The summed E-state index contributed by atoms with van der Waals surface area (Å²) in [4.78, 5) is 34.7. The van der Waals surface area contributed by atoms with Gasteiger partial charge in [-0.25, -0.2) is 14.0 Å². The lowest BCUT2D eigenvalue weighted by atomic mass is 9.78. The Bertz CT molecular complexity index is 1010. The summed E-state index contributed by atoms with van der Waals surface area (Å²) in [6.45, 7) is 5.06. The molecule has 0 saturated heterocycles. The van der Waals surface area contributed by atoms with Crippen molar-refractivity contribution in [1.82, 2.24) is 0 Å². The zero-order chi connectivity index (χ0) is 23.9. The molecule has 32 heavy (non-hydrogen) atoms. The van der Waals surface area contributed by atoms with E-state index >= 15 is 0 Å². The van der Waals surface area contributed by atoms with Gasteiger partial charge in [-0.2, -0.15) is 0 Å². The van der Waals surface area contributed by atoms with Gasteiger partial charge in [-0.15, -0.1) is 0 Å². The van der Waals surface area contributed by atoms with Crippen LogP contribution in [0.4, 0.5) is 14.9 Å². The zero-order valence-electron chi connectivity index (χ0n) is 18.1. The number of amides is 1. The van der Waals surface area contributed by atoms with Crippen LogP contribution in [0.25, 0.3) is 0 Å². The first-order chi connectivity index (χ1) is 15.0. The SMILES string of the molecule is CC(=O)c1ccc(NC(=O)O[C@@H](c2ccc(O)c(F)c2)C(C)(C)CC/C=C/C(=O)O)cc1. The first-order valence-electron chi connectivity index (χ1n) is 9.96. The Morgan fingerprint density at radius 3 is 2.38 bits per heavy atom. The van der Waals surface area contributed by atoms with Crippen molar-refractivity contribution in [2.45, 2.75) is 39.7 Å². The minimum Gasteiger partial charge on any atom is -0.505 e. The molecule has 8 heteroatoms. The quantitative estimate of drug-likeness (QED) is 0.350. The van der Waals surface area contributed by atoms with E-state index in [0.717, 1.165) is 12.1 Å². The Morgan fingerprint density at radius 2 is 1.81 bits per heavy atom. The number of carboxylic acid groups (broad SMARTS) is 1. The van der Waals surface area contributed by atoms with Gasteiger partial charge in [-0.05, 0) is 61.7 Å². The average Bonchev–Trinajstić information content (AvgIpc) is 2.72. The number of hydrogen-bond donors (Lipinski definition) is 3. The van der Waals surface area contributed by atoms with E-state index < -0.39 is 35.1 Å². The number of allylic oxidation sites excluding steroid dienone is 1. The third kappa shape index (κ3) is 6.94. The molecule has 7 nitrogen and oxygen atoms in total. The summed E-state index contributed by atoms with van der Waals surface area (Å²) in [6, 6.07) is 10.0. The average molecular weight is 443 g/mol. The first kappa shape index (κ1) is 24.6. The van der Waals surface area contributed by atoms with E-state index in [0.29, 0.717) is 29.7 Å². The van der Waals surface area contributed by atoms with Gasteiger partial charge in [-0.1, -0.05) is 26.0 Å². The van der Waals surface area contributed by atoms with Crippen molar-refractivity contribution in [2.75, 3.05) is 5.32 Å². The molecule has 2 rings (SSSR count). The maximum atomic E-state index is 14.0. The molecular formula is C24H26FNO6. The molecule has 0 radical (unpaired) electrons. The van der Waals surface area contributed by atoms with Crippen LogP contribution in [0.1, 0.15) is 55.6 Å². The van der Waals surface area contributed by atoms with Gasteiger partial charge < -0.3 is 14.9 Å². The van der Waals surface area contributed by atoms with Crippen molar-refractivity contribution in [3.05, 3.63) is 71.6 Å². The summed E-state index contributed by atoms with van der Waals surface area (Å²) in [5.41, 5.74) is 0.548. The van der Waals surface area contributed by atoms with Crippen molar-refractivity contribution in [3.8, 4) is 5.75 Å². The lowest BCUT2D eigenvalue weighted by Crippen LogP contribution is -2.29. The molecule has 0 unspecified atom stereocenters. The van der Waals surface area contributed by atoms with Gasteiger partial charge in [-0.3, -0.25) is 10.1 Å². The monoisotopic (exact) mass is 443 g/mol. The van der Waals surface area contributed by atoms with Crippen molar-refractivity contribution >= 4 is 23.5 Å². The Balaban J connectivity index is 2.23. The number of carbonyl (C=O) groups excluding carboxylic acids is 2. The fourth-order valence-corrected chi connectivity index (χ4v) is 3.18. The Kier molecular flexibility index (Phi) is 8.12. The fraction of sp³-hybridized carbons (Fsp3) is 0.292. The number of ketones is 1. The van der Waals surface area contributed by atoms with Gasteiger partial charge >= 0.3 is 12.1 Å². The number of carbonyl (C=O) groups is 3. The van der Waals surface area contributed by atoms with Crippen LogP contribution in [0.2, 0.25) is 0 Å². The number of Topliss-reactive ketones (excluding diaryl/α,β-unsaturated/α-hetero) is 1. The third-order valence-electron chi connectivity index (χ3n) is 4.96. The van der Waals surface area contributed by atoms with Gasteiger partial charge in [0, 0.05) is 22.7 Å². The highest BCUT2D eigenvalue weighted by Crippen LogP contribution is 2.41. The number of carboxylic acids is 1. The summed E-state index contributed by atoms with van der Waals surface area (Å²) >= 11 is 0. The van der Waals surface area contributed by atoms with Gasteiger partial charge in [0.2, 0.25) is 0 Å². The van der Waals surface area contributed by atoms with E-state index in [9.17, 15) is 23.9 Å². The predicted octanol–water partition coefficient (Wildman–Crippen LogP) is 5.47. The number of phenolic OH excluding ortho intramolecular Hbond substituents is 1. The number of halogens is 1. The topological polar surface area (TPSA) is 113 Å². The van der Waals surface area contributed by atoms with Crippen LogP contribution in [-0.4, -0.2) is 28.1 Å². The zero-order valence-corrected chi connectivity index (χ0v) is 18.1. The highest BCUT2D eigenvalue weighted by Gasteiger charge is 2.34. The largest absolute Gasteiger partial charge is 0.505 e. The molecule has 0 aliphatic rings. The molecule has 1 atom stereocenters. The standard InChI is InChI=1S/C24H26FNO6/c1-15(27)16-7-10-18(11-8-16)26-23(31)32-22(17-9-12-20(28)19(25)14-17)24(2,3)13-5-4-6-21(29)30/h4,6-12,14,22,28H,5,13H2,1-3H3,(H,26,31)(H,29,30)/b6-4+/t22-/m0/s1. The molecule has 0 saturated carbocycles. The lowest BCUT2D eigenvalue weighted by molar-refractivity contribution is -0.131. The maximum absolute atomic E-state index is 14.0. The number of hydrogen-bond acceptors (Lipinski definition) is 5. The van der Waals surface area contributed by atoms with Crippen LogP contribution in [-0.2, 0) is 9.53 Å². The molecule has 2 aromatic rings. The highest BCUT2D eigenvalue weighted by atomic mass is 19.1. The van der Waals surface area contributed by atoms with Crippen molar-refractivity contribution < 1.29 is 33.7 Å². The van der Waals surface area contributed by atoms with Crippen LogP contribution in [0.15, 0.2) is 54.6 Å². The maximum Gasteiger partial charge on any atom is 0.412 e. The van der Waals surface area contributed by atoms with E-state index in [-0.39, 0.29) is 5.78 Å².